The van der Waals surface area contributed by atoms with Gasteiger partial charge >= 0.3 is 0 Å². The molecule has 9 heteroatoms. The maximum Gasteiger partial charge on any atom is 0.264 e. The molecule has 0 unspecified atom stereocenters. The van der Waals surface area contributed by atoms with E-state index in [1.165, 1.54) is 29.2 Å². The monoisotopic (exact) mass is 581 g/mol. The van der Waals surface area contributed by atoms with Crippen LogP contribution in [0.1, 0.15) is 49.4 Å². The number of hydrogen-bond donors (Lipinski definition) is 1. The van der Waals surface area contributed by atoms with Crippen LogP contribution >= 0.6 is 0 Å². The Morgan fingerprint density at radius 2 is 1.51 bits per heavy atom. The summed E-state index contributed by atoms with van der Waals surface area (Å²) in [4.78, 5) is 28.9. The number of nitrogens with zero attached hydrogens (tertiary/aromatic N) is 2. The Hall–Kier alpha value is -3.72. The summed E-state index contributed by atoms with van der Waals surface area (Å²) in [5.74, 6) is -1.08. The molecule has 0 aliphatic heterocycles. The van der Waals surface area contributed by atoms with Crippen LogP contribution in [0, 0.1) is 32.5 Å². The molecule has 1 atom stereocenters. The molecule has 0 aliphatic carbocycles. The maximum absolute atomic E-state index is 14.1. The Labute approximate surface area is 243 Å². The number of rotatable bonds is 12. The zero-order valence-corrected chi connectivity index (χ0v) is 25.5. The molecule has 3 aromatic rings. The SMILES string of the molecule is CC[C@H](C(=O)NCC(C)C)N(Cc1ccc(F)cc1)C(=O)CN(c1cc(C)ccc1C)S(=O)(=O)c1ccc(C)cc1. The molecule has 0 saturated heterocycles. The molecule has 0 aliphatic rings. The predicted molar refractivity (Wildman–Crippen MR) is 161 cm³/mol. The van der Waals surface area contributed by atoms with E-state index in [4.69, 9.17) is 0 Å². The van der Waals surface area contributed by atoms with Gasteiger partial charge in [0.1, 0.15) is 18.4 Å². The first kappa shape index (κ1) is 31.8. The highest BCUT2D eigenvalue weighted by Gasteiger charge is 2.34. The van der Waals surface area contributed by atoms with E-state index in [0.717, 1.165) is 15.4 Å². The number of carbonyl (C=O) groups is 2. The molecular weight excluding hydrogens is 541 g/mol. The molecule has 0 heterocycles. The zero-order valence-electron chi connectivity index (χ0n) is 24.6. The van der Waals surface area contributed by atoms with Crippen LogP contribution in [0.4, 0.5) is 10.1 Å². The van der Waals surface area contributed by atoms with Crippen LogP contribution in [0.15, 0.2) is 71.6 Å². The highest BCUT2D eigenvalue weighted by Crippen LogP contribution is 2.29. The minimum Gasteiger partial charge on any atom is -0.354 e. The number of amides is 2. The zero-order chi connectivity index (χ0) is 30.3. The predicted octanol–water partition coefficient (Wildman–Crippen LogP) is 5.53. The molecule has 0 saturated carbocycles. The highest BCUT2D eigenvalue weighted by molar-refractivity contribution is 7.92. The fourth-order valence-electron chi connectivity index (χ4n) is 4.47. The van der Waals surface area contributed by atoms with Crippen molar-refractivity contribution in [2.45, 2.75) is 65.4 Å². The van der Waals surface area contributed by atoms with Gasteiger partial charge < -0.3 is 10.2 Å². The largest absolute Gasteiger partial charge is 0.354 e. The molecule has 0 radical (unpaired) electrons. The van der Waals surface area contributed by atoms with Gasteiger partial charge in [0.2, 0.25) is 11.8 Å². The summed E-state index contributed by atoms with van der Waals surface area (Å²) in [6, 6.07) is 16.8. The van der Waals surface area contributed by atoms with Gasteiger partial charge in [0.25, 0.3) is 10.0 Å². The molecule has 41 heavy (non-hydrogen) atoms. The van der Waals surface area contributed by atoms with E-state index in [-0.39, 0.29) is 23.3 Å². The van der Waals surface area contributed by atoms with Crippen LogP contribution in [0.2, 0.25) is 0 Å². The average molecular weight is 582 g/mol. The van der Waals surface area contributed by atoms with Gasteiger partial charge in [-0.2, -0.15) is 0 Å². The van der Waals surface area contributed by atoms with E-state index in [9.17, 15) is 22.4 Å². The summed E-state index contributed by atoms with van der Waals surface area (Å²) in [5.41, 5.74) is 3.44. The summed E-state index contributed by atoms with van der Waals surface area (Å²) >= 11 is 0. The van der Waals surface area contributed by atoms with Crippen molar-refractivity contribution in [3.05, 3.63) is 94.8 Å². The number of hydrogen-bond acceptors (Lipinski definition) is 4. The number of carbonyl (C=O) groups excluding carboxylic acids is 2. The quantitative estimate of drug-likeness (QED) is 0.305. The van der Waals surface area contributed by atoms with Crippen molar-refractivity contribution >= 4 is 27.5 Å². The normalized spacial score (nSPS) is 12.2. The van der Waals surface area contributed by atoms with Crippen molar-refractivity contribution in [1.82, 2.24) is 10.2 Å². The van der Waals surface area contributed by atoms with Crippen LogP contribution in [-0.4, -0.2) is 44.3 Å². The van der Waals surface area contributed by atoms with Crippen LogP contribution in [-0.2, 0) is 26.2 Å². The van der Waals surface area contributed by atoms with E-state index < -0.39 is 34.3 Å². The molecule has 3 rings (SSSR count). The first-order valence-corrected chi connectivity index (χ1v) is 15.3. The van der Waals surface area contributed by atoms with E-state index in [1.807, 2.05) is 39.8 Å². The summed E-state index contributed by atoms with van der Waals surface area (Å²) < 4.78 is 42.9. The third-order valence-corrected chi connectivity index (χ3v) is 8.63. The lowest BCUT2D eigenvalue weighted by molar-refractivity contribution is -0.140. The van der Waals surface area contributed by atoms with Gasteiger partial charge in [-0.3, -0.25) is 13.9 Å². The van der Waals surface area contributed by atoms with Crippen LogP contribution in [0.3, 0.4) is 0 Å². The number of halogens is 1. The van der Waals surface area contributed by atoms with Crippen LogP contribution in [0.5, 0.6) is 0 Å². The standard InChI is InChI=1S/C32H40FN3O4S/c1-7-29(32(38)34-19-22(2)3)35(20-26-12-14-27(33)15-13-26)31(37)21-36(30-18-24(5)8-11-25(30)6)41(39,40)28-16-9-23(4)10-17-28/h8-18,22,29H,7,19-21H2,1-6H3,(H,34,38)/t29-/m1/s1. The highest BCUT2D eigenvalue weighted by atomic mass is 32.2. The Balaban J connectivity index is 2.08. The summed E-state index contributed by atoms with van der Waals surface area (Å²) in [6.07, 6.45) is 0.311. The number of aryl methyl sites for hydroxylation is 3. The number of sulfonamides is 1. The summed E-state index contributed by atoms with van der Waals surface area (Å²) in [7, 11) is -4.16. The molecule has 0 fully saturated rings. The van der Waals surface area contributed by atoms with Crippen LogP contribution in [0.25, 0.3) is 0 Å². The molecule has 0 aromatic heterocycles. The Bertz CT molecular complexity index is 1460. The van der Waals surface area contributed by atoms with Crippen molar-refractivity contribution in [2.75, 3.05) is 17.4 Å². The minimum absolute atomic E-state index is 0.0118. The summed E-state index contributed by atoms with van der Waals surface area (Å²) in [6.45, 7) is 11.2. The number of nitrogens with one attached hydrogen (secondary N) is 1. The van der Waals surface area contributed by atoms with Crippen molar-refractivity contribution in [2.24, 2.45) is 5.92 Å². The van der Waals surface area contributed by atoms with Crippen molar-refractivity contribution in [3.63, 3.8) is 0 Å². The molecule has 7 nitrogen and oxygen atoms in total. The van der Waals surface area contributed by atoms with Gasteiger partial charge in [0, 0.05) is 13.1 Å². The van der Waals surface area contributed by atoms with Gasteiger partial charge in [-0.25, -0.2) is 12.8 Å². The van der Waals surface area contributed by atoms with Crippen molar-refractivity contribution < 1.29 is 22.4 Å². The Morgan fingerprint density at radius 1 is 0.902 bits per heavy atom. The molecule has 1 N–H and O–H groups in total. The van der Waals surface area contributed by atoms with Crippen molar-refractivity contribution in [3.8, 4) is 0 Å². The van der Waals surface area contributed by atoms with E-state index in [0.29, 0.717) is 29.8 Å². The third-order valence-electron chi connectivity index (χ3n) is 6.86. The molecule has 0 bridgehead atoms. The second kappa shape index (κ2) is 13.8. The molecule has 0 spiro atoms. The average Bonchev–Trinajstić information content (AvgIpc) is 2.93. The first-order valence-electron chi connectivity index (χ1n) is 13.8. The maximum atomic E-state index is 14.1. The lowest BCUT2D eigenvalue weighted by Crippen LogP contribution is -2.52. The molecular formula is C32H40FN3O4S. The van der Waals surface area contributed by atoms with Gasteiger partial charge in [-0.05, 0) is 80.1 Å². The third kappa shape index (κ3) is 8.16. The second-order valence-corrected chi connectivity index (χ2v) is 12.7. The molecule has 3 aromatic carbocycles. The van der Waals surface area contributed by atoms with Gasteiger partial charge in [-0.1, -0.05) is 62.7 Å². The Morgan fingerprint density at radius 3 is 2.10 bits per heavy atom. The fraction of sp³-hybridized carbons (Fsp3) is 0.375. The Kier molecular flexibility index (Phi) is 10.7. The topological polar surface area (TPSA) is 86.8 Å². The van der Waals surface area contributed by atoms with E-state index >= 15 is 0 Å². The molecule has 220 valence electrons. The minimum atomic E-state index is -4.16. The van der Waals surface area contributed by atoms with Crippen LogP contribution < -0.4 is 9.62 Å². The van der Waals surface area contributed by atoms with Crippen molar-refractivity contribution in [1.29, 1.82) is 0 Å². The van der Waals surface area contributed by atoms with Gasteiger partial charge in [0.05, 0.1) is 10.6 Å². The number of benzene rings is 3. The number of anilines is 1. The van der Waals surface area contributed by atoms with E-state index in [2.05, 4.69) is 5.32 Å². The first-order chi connectivity index (χ1) is 19.3. The lowest BCUT2D eigenvalue weighted by Gasteiger charge is -2.33. The lowest BCUT2D eigenvalue weighted by atomic mass is 10.1. The summed E-state index contributed by atoms with van der Waals surface area (Å²) in [5, 5.41) is 2.90. The van der Waals surface area contributed by atoms with Gasteiger partial charge in [-0.15, -0.1) is 0 Å². The van der Waals surface area contributed by atoms with E-state index in [1.54, 1.807) is 44.2 Å². The van der Waals surface area contributed by atoms with Gasteiger partial charge in [0.15, 0.2) is 0 Å². The smallest absolute Gasteiger partial charge is 0.264 e. The molecule has 2 amide bonds. The second-order valence-electron chi connectivity index (χ2n) is 10.8. The fourth-order valence-corrected chi connectivity index (χ4v) is 5.94.